The number of rotatable bonds is 5. The van der Waals surface area contributed by atoms with Gasteiger partial charge in [-0.3, -0.25) is 14.9 Å². The number of aryl methyl sites for hydroxylation is 1. The zero-order chi connectivity index (χ0) is 16.9. The van der Waals surface area contributed by atoms with E-state index in [2.05, 4.69) is 25.5 Å². The Balaban J connectivity index is 1.83. The van der Waals surface area contributed by atoms with E-state index in [0.29, 0.717) is 17.2 Å². The molecule has 0 aliphatic carbocycles. The number of nitrogens with one attached hydrogen (secondary N) is 2. The summed E-state index contributed by atoms with van der Waals surface area (Å²) in [6, 6.07) is 11.2. The van der Waals surface area contributed by atoms with Gasteiger partial charge in [0.05, 0.1) is 0 Å². The van der Waals surface area contributed by atoms with E-state index in [1.165, 1.54) is 0 Å². The molecule has 7 heteroatoms. The minimum Gasteiger partial charge on any atom is -0.321 e. The summed E-state index contributed by atoms with van der Waals surface area (Å²) in [5.41, 5.74) is 2.89. The van der Waals surface area contributed by atoms with Crippen LogP contribution in [-0.4, -0.2) is 32.3 Å². The van der Waals surface area contributed by atoms with Crippen LogP contribution in [-0.2, 0) is 5.75 Å². The molecule has 122 valence electrons. The van der Waals surface area contributed by atoms with Crippen molar-refractivity contribution in [2.24, 2.45) is 0 Å². The van der Waals surface area contributed by atoms with Gasteiger partial charge in [0.2, 0.25) is 0 Å². The van der Waals surface area contributed by atoms with Crippen LogP contribution in [0.1, 0.15) is 21.9 Å². The molecule has 0 aliphatic heterocycles. The highest BCUT2D eigenvalue weighted by Crippen LogP contribution is 2.20. The third-order valence-electron chi connectivity index (χ3n) is 3.38. The van der Waals surface area contributed by atoms with E-state index in [4.69, 9.17) is 0 Å². The Bertz CT molecular complexity index is 861. The lowest BCUT2D eigenvalue weighted by atomic mass is 10.1. The van der Waals surface area contributed by atoms with Crippen LogP contribution in [0.2, 0.25) is 0 Å². The van der Waals surface area contributed by atoms with Gasteiger partial charge in [-0.2, -0.15) is 16.9 Å². The summed E-state index contributed by atoms with van der Waals surface area (Å²) in [5.74, 6) is 1.87. The molecular formula is C17H17N5OS. The Morgan fingerprint density at radius 3 is 2.92 bits per heavy atom. The third kappa shape index (κ3) is 3.62. The second-order valence-corrected chi connectivity index (χ2v) is 6.09. The maximum absolute atomic E-state index is 12.5. The summed E-state index contributed by atoms with van der Waals surface area (Å²) in [7, 11) is 0. The van der Waals surface area contributed by atoms with E-state index in [1.54, 1.807) is 18.0 Å². The summed E-state index contributed by atoms with van der Waals surface area (Å²) in [4.78, 5) is 21.1. The van der Waals surface area contributed by atoms with Gasteiger partial charge in [-0.25, -0.2) is 4.98 Å². The maximum Gasteiger partial charge on any atom is 0.274 e. The molecule has 0 fully saturated rings. The first-order valence-corrected chi connectivity index (χ1v) is 8.80. The van der Waals surface area contributed by atoms with Crippen LogP contribution in [0.5, 0.6) is 0 Å². The Labute approximate surface area is 144 Å². The summed E-state index contributed by atoms with van der Waals surface area (Å²) in [6.45, 7) is 1.84. The monoisotopic (exact) mass is 339 g/mol. The molecule has 6 nitrogen and oxygen atoms in total. The van der Waals surface area contributed by atoms with Gasteiger partial charge < -0.3 is 5.32 Å². The molecule has 0 saturated carbocycles. The molecule has 0 spiro atoms. The minimum atomic E-state index is -0.219. The smallest absolute Gasteiger partial charge is 0.274 e. The Kier molecular flexibility index (Phi) is 4.90. The quantitative estimate of drug-likeness (QED) is 0.745. The summed E-state index contributed by atoms with van der Waals surface area (Å²) in [6.07, 6.45) is 3.63. The van der Waals surface area contributed by atoms with Crippen LogP contribution in [0.15, 0.2) is 42.6 Å². The average molecular weight is 339 g/mol. The lowest BCUT2D eigenvalue weighted by Gasteiger charge is -2.09. The normalized spacial score (nSPS) is 10.6. The SMILES string of the molecule is CSCc1cccnc1C(=O)Nc1cccc(-c2n[nH]c(C)n2)c1. The molecular weight excluding hydrogens is 322 g/mol. The first-order valence-electron chi connectivity index (χ1n) is 7.41. The molecule has 0 unspecified atom stereocenters. The zero-order valence-electron chi connectivity index (χ0n) is 13.4. The number of carbonyl (C=O) groups excluding carboxylic acids is 1. The molecule has 0 aliphatic rings. The minimum absolute atomic E-state index is 0.219. The molecule has 3 aromatic rings. The molecule has 1 aromatic carbocycles. The van der Waals surface area contributed by atoms with Gasteiger partial charge >= 0.3 is 0 Å². The van der Waals surface area contributed by atoms with Gasteiger partial charge in [-0.05, 0) is 36.9 Å². The molecule has 0 saturated heterocycles. The predicted molar refractivity (Wildman–Crippen MR) is 96.0 cm³/mol. The Morgan fingerprint density at radius 2 is 2.17 bits per heavy atom. The van der Waals surface area contributed by atoms with Gasteiger partial charge in [-0.15, -0.1) is 0 Å². The van der Waals surface area contributed by atoms with Crippen LogP contribution in [0.25, 0.3) is 11.4 Å². The number of aromatic nitrogens is 4. The summed E-state index contributed by atoms with van der Waals surface area (Å²) in [5, 5.41) is 9.85. The molecule has 1 amide bonds. The average Bonchev–Trinajstić information content (AvgIpc) is 3.02. The second-order valence-electron chi connectivity index (χ2n) is 5.22. The van der Waals surface area contributed by atoms with Crippen molar-refractivity contribution < 1.29 is 4.79 Å². The highest BCUT2D eigenvalue weighted by Gasteiger charge is 2.13. The lowest BCUT2D eigenvalue weighted by molar-refractivity contribution is 0.102. The van der Waals surface area contributed by atoms with Crippen molar-refractivity contribution in [2.45, 2.75) is 12.7 Å². The van der Waals surface area contributed by atoms with Gasteiger partial charge in [0.1, 0.15) is 11.5 Å². The Hall–Kier alpha value is -2.67. The number of H-pyrrole nitrogens is 1. The number of hydrogen-bond acceptors (Lipinski definition) is 5. The molecule has 3 rings (SSSR count). The third-order valence-corrected chi connectivity index (χ3v) is 3.98. The van der Waals surface area contributed by atoms with Crippen LogP contribution >= 0.6 is 11.8 Å². The molecule has 2 aromatic heterocycles. The number of hydrogen-bond donors (Lipinski definition) is 2. The van der Waals surface area contributed by atoms with E-state index < -0.39 is 0 Å². The highest BCUT2D eigenvalue weighted by atomic mass is 32.2. The number of aromatic amines is 1. The second kappa shape index (κ2) is 7.27. The molecule has 0 radical (unpaired) electrons. The fourth-order valence-corrected chi connectivity index (χ4v) is 2.86. The highest BCUT2D eigenvalue weighted by molar-refractivity contribution is 7.97. The van der Waals surface area contributed by atoms with Gasteiger partial charge in [0, 0.05) is 23.2 Å². The number of nitrogens with zero attached hydrogens (tertiary/aromatic N) is 3. The summed E-state index contributed by atoms with van der Waals surface area (Å²) < 4.78 is 0. The standard InChI is InChI=1S/C17H17N5OS/c1-11-19-16(22-21-11)12-5-3-7-14(9-12)20-17(23)15-13(10-24-2)6-4-8-18-15/h3-9H,10H2,1-2H3,(H,20,23)(H,19,21,22). The van der Waals surface area contributed by atoms with Crippen LogP contribution in [0, 0.1) is 6.92 Å². The van der Waals surface area contributed by atoms with Crippen LogP contribution < -0.4 is 5.32 Å². The number of benzene rings is 1. The first kappa shape index (κ1) is 16.2. The molecule has 0 bridgehead atoms. The lowest BCUT2D eigenvalue weighted by Crippen LogP contribution is -2.15. The van der Waals surface area contributed by atoms with E-state index in [0.717, 1.165) is 22.7 Å². The fourth-order valence-electron chi connectivity index (χ4n) is 2.31. The predicted octanol–water partition coefficient (Wildman–Crippen LogP) is 3.29. The van der Waals surface area contributed by atoms with Crippen molar-refractivity contribution >= 4 is 23.4 Å². The molecule has 2 N–H and O–H groups in total. The van der Waals surface area contributed by atoms with Crippen molar-refractivity contribution in [3.05, 3.63) is 59.7 Å². The van der Waals surface area contributed by atoms with Crippen molar-refractivity contribution in [3.63, 3.8) is 0 Å². The Morgan fingerprint density at radius 1 is 1.29 bits per heavy atom. The number of carbonyl (C=O) groups is 1. The van der Waals surface area contributed by atoms with Gasteiger partial charge in [0.25, 0.3) is 5.91 Å². The molecule has 2 heterocycles. The zero-order valence-corrected chi connectivity index (χ0v) is 14.2. The summed E-state index contributed by atoms with van der Waals surface area (Å²) >= 11 is 1.65. The van der Waals surface area contributed by atoms with Crippen molar-refractivity contribution in [3.8, 4) is 11.4 Å². The fraction of sp³-hybridized carbons (Fsp3) is 0.176. The van der Waals surface area contributed by atoms with E-state index in [-0.39, 0.29) is 5.91 Å². The number of pyridine rings is 1. The van der Waals surface area contributed by atoms with E-state index in [1.807, 2.05) is 49.6 Å². The van der Waals surface area contributed by atoms with Crippen molar-refractivity contribution in [2.75, 3.05) is 11.6 Å². The van der Waals surface area contributed by atoms with Crippen molar-refractivity contribution in [1.82, 2.24) is 20.2 Å². The van der Waals surface area contributed by atoms with Crippen LogP contribution in [0.3, 0.4) is 0 Å². The molecule has 0 atom stereocenters. The van der Waals surface area contributed by atoms with Crippen molar-refractivity contribution in [1.29, 1.82) is 0 Å². The number of amides is 1. The number of anilines is 1. The largest absolute Gasteiger partial charge is 0.321 e. The van der Waals surface area contributed by atoms with Gasteiger partial charge in [-0.1, -0.05) is 18.2 Å². The first-order chi connectivity index (χ1) is 11.7. The topological polar surface area (TPSA) is 83.6 Å². The van der Waals surface area contributed by atoms with E-state index in [9.17, 15) is 4.79 Å². The van der Waals surface area contributed by atoms with Crippen LogP contribution in [0.4, 0.5) is 5.69 Å². The maximum atomic E-state index is 12.5. The van der Waals surface area contributed by atoms with Gasteiger partial charge in [0.15, 0.2) is 5.82 Å². The number of thioether (sulfide) groups is 1. The van der Waals surface area contributed by atoms with E-state index >= 15 is 0 Å². The molecule has 24 heavy (non-hydrogen) atoms.